The fourth-order valence-electron chi connectivity index (χ4n) is 0.533. The molecular formula is C6H15N3O. The maximum absolute atomic E-state index is 9.36. The van der Waals surface area contributed by atoms with Crippen LogP contribution in [0.2, 0.25) is 0 Å². The molecule has 0 saturated heterocycles. The number of nitrogens with two attached hydrogens (primary N) is 1. The van der Waals surface area contributed by atoms with Crippen molar-refractivity contribution in [2.75, 3.05) is 7.05 Å². The van der Waals surface area contributed by atoms with Gasteiger partial charge in [0.2, 0.25) is 0 Å². The lowest BCUT2D eigenvalue weighted by molar-refractivity contribution is 0.109. The molecule has 0 aliphatic rings. The summed E-state index contributed by atoms with van der Waals surface area (Å²) in [4.78, 5) is 0. The minimum atomic E-state index is -0.919. The van der Waals surface area contributed by atoms with Crippen LogP contribution in [0.25, 0.3) is 0 Å². The summed E-state index contributed by atoms with van der Waals surface area (Å²) >= 11 is 0. The topological polar surface area (TPSA) is 70.3 Å². The third kappa shape index (κ3) is 2.70. The first-order valence-corrected chi connectivity index (χ1v) is 3.10. The predicted molar refractivity (Wildman–Crippen MR) is 40.8 cm³/mol. The van der Waals surface area contributed by atoms with Gasteiger partial charge in [-0.15, -0.1) is 0 Å². The van der Waals surface area contributed by atoms with Gasteiger partial charge in [-0.1, -0.05) is 0 Å². The Balaban J connectivity index is 4.10. The molecule has 0 radical (unpaired) electrons. The van der Waals surface area contributed by atoms with Crippen molar-refractivity contribution in [3.05, 3.63) is 11.9 Å². The van der Waals surface area contributed by atoms with Crippen molar-refractivity contribution in [2.24, 2.45) is 5.73 Å². The van der Waals surface area contributed by atoms with E-state index in [-0.39, 0.29) is 0 Å². The van der Waals surface area contributed by atoms with Crippen molar-refractivity contribution in [2.45, 2.75) is 19.4 Å². The van der Waals surface area contributed by atoms with Gasteiger partial charge in [-0.25, -0.2) is 5.43 Å². The van der Waals surface area contributed by atoms with Crippen molar-refractivity contribution in [1.82, 2.24) is 10.9 Å². The van der Waals surface area contributed by atoms with Gasteiger partial charge < -0.3 is 16.3 Å². The highest BCUT2D eigenvalue weighted by Gasteiger charge is 2.17. The van der Waals surface area contributed by atoms with Crippen LogP contribution in [0.5, 0.6) is 0 Å². The highest BCUT2D eigenvalue weighted by atomic mass is 16.3. The highest BCUT2D eigenvalue weighted by molar-refractivity contribution is 5.08. The quantitative estimate of drug-likeness (QED) is 0.396. The lowest BCUT2D eigenvalue weighted by Crippen LogP contribution is -2.38. The molecule has 0 amide bonds. The summed E-state index contributed by atoms with van der Waals surface area (Å²) in [6, 6.07) is 0. The van der Waals surface area contributed by atoms with Gasteiger partial charge in [0.25, 0.3) is 0 Å². The smallest absolute Gasteiger partial charge is 0.101 e. The van der Waals surface area contributed by atoms with E-state index in [4.69, 9.17) is 5.73 Å². The molecule has 60 valence electrons. The van der Waals surface area contributed by atoms with Crippen LogP contribution in [-0.2, 0) is 0 Å². The number of hydrogen-bond acceptors (Lipinski definition) is 4. The highest BCUT2D eigenvalue weighted by Crippen LogP contribution is 2.09. The molecule has 0 aromatic rings. The molecular weight excluding hydrogens is 130 g/mol. The molecule has 0 fully saturated rings. The zero-order valence-electron chi connectivity index (χ0n) is 6.60. The average molecular weight is 145 g/mol. The van der Waals surface area contributed by atoms with Crippen LogP contribution >= 0.6 is 0 Å². The Morgan fingerprint density at radius 3 is 2.20 bits per heavy atom. The molecule has 0 aliphatic heterocycles. The first-order valence-electron chi connectivity index (χ1n) is 3.10. The fraction of sp³-hybridized carbons (Fsp3) is 0.667. The molecule has 0 bridgehead atoms. The monoisotopic (exact) mass is 145 g/mol. The molecule has 0 atom stereocenters. The molecule has 0 saturated carbocycles. The second-order valence-corrected chi connectivity index (χ2v) is 2.51. The lowest BCUT2D eigenvalue weighted by atomic mass is 10.1. The number of aliphatic hydroxyl groups is 1. The first kappa shape index (κ1) is 9.26. The minimum Gasteiger partial charge on any atom is -0.403 e. The average Bonchev–Trinajstić information content (AvgIpc) is 1.80. The summed E-state index contributed by atoms with van der Waals surface area (Å²) in [5.41, 5.74) is 10.2. The molecule has 0 spiro atoms. The van der Waals surface area contributed by atoms with Crippen LogP contribution < -0.4 is 16.6 Å². The zero-order chi connectivity index (χ0) is 8.20. The molecule has 5 N–H and O–H groups in total. The molecule has 4 nitrogen and oxygen atoms in total. The molecule has 0 aliphatic carbocycles. The van der Waals surface area contributed by atoms with Crippen LogP contribution in [0.1, 0.15) is 13.8 Å². The van der Waals surface area contributed by atoms with Gasteiger partial charge in [0.1, 0.15) is 5.60 Å². The van der Waals surface area contributed by atoms with E-state index < -0.39 is 5.60 Å². The Morgan fingerprint density at radius 2 is 2.10 bits per heavy atom. The number of hydrazine groups is 1. The van der Waals surface area contributed by atoms with E-state index in [0.29, 0.717) is 5.70 Å². The lowest BCUT2D eigenvalue weighted by Gasteiger charge is -2.21. The van der Waals surface area contributed by atoms with Gasteiger partial charge in [-0.2, -0.15) is 0 Å². The Bertz CT molecular complexity index is 125. The van der Waals surface area contributed by atoms with Crippen LogP contribution in [0.3, 0.4) is 0 Å². The van der Waals surface area contributed by atoms with Gasteiger partial charge in [0.05, 0.1) is 5.70 Å². The number of rotatable bonds is 3. The fourth-order valence-corrected chi connectivity index (χ4v) is 0.533. The van der Waals surface area contributed by atoms with Crippen molar-refractivity contribution in [3.63, 3.8) is 0 Å². The Hall–Kier alpha value is -0.740. The van der Waals surface area contributed by atoms with E-state index in [9.17, 15) is 5.11 Å². The van der Waals surface area contributed by atoms with E-state index in [1.807, 2.05) is 0 Å². The van der Waals surface area contributed by atoms with Gasteiger partial charge >= 0.3 is 0 Å². The van der Waals surface area contributed by atoms with E-state index in [2.05, 4.69) is 10.9 Å². The van der Waals surface area contributed by atoms with E-state index in [0.717, 1.165) is 0 Å². The van der Waals surface area contributed by atoms with Gasteiger partial charge in [-0.05, 0) is 13.8 Å². The van der Waals surface area contributed by atoms with Gasteiger partial charge in [0, 0.05) is 13.2 Å². The molecule has 0 aromatic heterocycles. The van der Waals surface area contributed by atoms with E-state index in [1.165, 1.54) is 6.20 Å². The normalized spacial score (nSPS) is 13.4. The summed E-state index contributed by atoms with van der Waals surface area (Å²) in [6.45, 7) is 3.30. The maximum Gasteiger partial charge on any atom is 0.101 e. The van der Waals surface area contributed by atoms with Crippen LogP contribution in [0, 0.1) is 0 Å². The van der Waals surface area contributed by atoms with Crippen LogP contribution in [0.4, 0.5) is 0 Å². The van der Waals surface area contributed by atoms with Crippen molar-refractivity contribution < 1.29 is 5.11 Å². The zero-order valence-corrected chi connectivity index (χ0v) is 6.60. The summed E-state index contributed by atoms with van der Waals surface area (Å²) in [7, 11) is 1.70. The van der Waals surface area contributed by atoms with Crippen molar-refractivity contribution >= 4 is 0 Å². The van der Waals surface area contributed by atoms with Crippen LogP contribution in [0.15, 0.2) is 11.9 Å². The maximum atomic E-state index is 9.36. The second-order valence-electron chi connectivity index (χ2n) is 2.51. The summed E-state index contributed by atoms with van der Waals surface area (Å²) in [5, 5.41) is 9.36. The van der Waals surface area contributed by atoms with E-state index >= 15 is 0 Å². The minimum absolute atomic E-state index is 0.551. The molecule has 0 rings (SSSR count). The molecule has 10 heavy (non-hydrogen) atoms. The SMILES string of the molecule is CNN/C(=C\N)C(C)(C)O. The Kier molecular flexibility index (Phi) is 3.18. The van der Waals surface area contributed by atoms with Crippen LogP contribution in [-0.4, -0.2) is 17.8 Å². The largest absolute Gasteiger partial charge is 0.403 e. The molecule has 0 aromatic carbocycles. The third-order valence-corrected chi connectivity index (χ3v) is 1.09. The molecule has 0 unspecified atom stereocenters. The number of nitrogens with one attached hydrogen (secondary N) is 2. The summed E-state index contributed by atoms with van der Waals surface area (Å²) in [5.74, 6) is 0. The third-order valence-electron chi connectivity index (χ3n) is 1.09. The van der Waals surface area contributed by atoms with Gasteiger partial charge in [-0.3, -0.25) is 0 Å². The Morgan fingerprint density at radius 1 is 1.60 bits per heavy atom. The van der Waals surface area contributed by atoms with Crippen molar-refractivity contribution in [3.8, 4) is 0 Å². The first-order chi connectivity index (χ1) is 4.52. The standard InChI is InChI=1S/C6H15N3O/c1-6(2,10)5(4-7)9-8-3/h4,8-10H,7H2,1-3H3/b5-4-. The summed E-state index contributed by atoms with van der Waals surface area (Å²) in [6.07, 6.45) is 1.33. The van der Waals surface area contributed by atoms with Gasteiger partial charge in [0.15, 0.2) is 0 Å². The Labute approximate surface area is 61.1 Å². The predicted octanol–water partition coefficient (Wildman–Crippen LogP) is -0.719. The summed E-state index contributed by atoms with van der Waals surface area (Å²) < 4.78 is 0. The molecule has 4 heteroatoms. The van der Waals surface area contributed by atoms with E-state index in [1.54, 1.807) is 20.9 Å². The molecule has 0 heterocycles. The van der Waals surface area contributed by atoms with Crippen molar-refractivity contribution in [1.29, 1.82) is 0 Å². The second kappa shape index (κ2) is 3.43. The number of hydrogen-bond donors (Lipinski definition) is 4.